The van der Waals surface area contributed by atoms with E-state index in [1.54, 1.807) is 50.4 Å². The van der Waals surface area contributed by atoms with Gasteiger partial charge in [0.2, 0.25) is 0 Å². The second kappa shape index (κ2) is 7.11. The number of benzene rings is 2. The highest BCUT2D eigenvalue weighted by molar-refractivity contribution is 9.10. The molecule has 0 fully saturated rings. The van der Waals surface area contributed by atoms with E-state index in [2.05, 4.69) is 15.9 Å². The second-order valence-corrected chi connectivity index (χ2v) is 6.31. The van der Waals surface area contributed by atoms with E-state index in [-0.39, 0.29) is 18.3 Å². The molecule has 3 aromatic rings. The molecule has 2 aromatic carbocycles. The van der Waals surface area contributed by atoms with Gasteiger partial charge < -0.3 is 14.1 Å². The molecule has 0 atom stereocenters. The third kappa shape index (κ3) is 3.44. The van der Waals surface area contributed by atoms with E-state index >= 15 is 0 Å². The van der Waals surface area contributed by atoms with Gasteiger partial charge in [-0.2, -0.15) is 0 Å². The Kier molecular flexibility index (Phi) is 4.90. The van der Waals surface area contributed by atoms with E-state index in [0.717, 1.165) is 9.86 Å². The maximum Gasteiger partial charge on any atom is 0.340 e. The first-order valence-electron chi connectivity index (χ1n) is 7.74. The molecule has 0 aliphatic rings. The van der Waals surface area contributed by atoms with Crippen LogP contribution < -0.4 is 4.90 Å². The average Bonchev–Trinajstić information content (AvgIpc) is 3.03. The van der Waals surface area contributed by atoms with Crippen LogP contribution in [0.2, 0.25) is 0 Å². The standard InChI is InChI=1S/C19H16BrNO4/c1-3-24-19(23)14-6-4-5-7-15(14)21(2)18(22)17-11-12-10-13(20)8-9-16(12)25-17/h4-11H,3H2,1-2H3. The zero-order valence-corrected chi connectivity index (χ0v) is 15.4. The number of furan rings is 1. The summed E-state index contributed by atoms with van der Waals surface area (Å²) in [6.45, 7) is 2.01. The number of para-hydroxylation sites is 1. The summed E-state index contributed by atoms with van der Waals surface area (Å²) in [6, 6.07) is 14.0. The van der Waals surface area contributed by atoms with Gasteiger partial charge in [-0.15, -0.1) is 0 Å². The first kappa shape index (κ1) is 17.2. The van der Waals surface area contributed by atoms with Crippen LogP contribution in [0.4, 0.5) is 5.69 Å². The lowest BCUT2D eigenvalue weighted by Crippen LogP contribution is -2.27. The fourth-order valence-corrected chi connectivity index (χ4v) is 2.92. The lowest BCUT2D eigenvalue weighted by Gasteiger charge is -2.18. The fourth-order valence-electron chi connectivity index (χ4n) is 2.54. The summed E-state index contributed by atoms with van der Waals surface area (Å²) in [7, 11) is 1.60. The molecular weight excluding hydrogens is 386 g/mol. The number of carbonyl (C=O) groups excluding carboxylic acids is 2. The SMILES string of the molecule is CCOC(=O)c1ccccc1N(C)C(=O)c1cc2cc(Br)ccc2o1. The lowest BCUT2D eigenvalue weighted by molar-refractivity contribution is 0.0527. The van der Waals surface area contributed by atoms with Crippen molar-refractivity contribution in [2.45, 2.75) is 6.92 Å². The molecule has 0 unspecified atom stereocenters. The van der Waals surface area contributed by atoms with Crippen molar-refractivity contribution >= 4 is 44.5 Å². The van der Waals surface area contributed by atoms with Crippen molar-refractivity contribution in [1.82, 2.24) is 0 Å². The van der Waals surface area contributed by atoms with E-state index < -0.39 is 5.97 Å². The minimum absolute atomic E-state index is 0.203. The van der Waals surface area contributed by atoms with Gasteiger partial charge in [-0.3, -0.25) is 4.79 Å². The molecule has 0 saturated carbocycles. The number of ether oxygens (including phenoxy) is 1. The van der Waals surface area contributed by atoms with E-state index in [9.17, 15) is 9.59 Å². The molecule has 6 heteroatoms. The minimum atomic E-state index is -0.466. The molecule has 25 heavy (non-hydrogen) atoms. The Bertz CT molecular complexity index is 948. The zero-order chi connectivity index (χ0) is 18.0. The van der Waals surface area contributed by atoms with Crippen molar-refractivity contribution < 1.29 is 18.7 Å². The number of amides is 1. The number of carbonyl (C=O) groups is 2. The predicted octanol–water partition coefficient (Wildman–Crippen LogP) is 4.65. The molecule has 0 radical (unpaired) electrons. The highest BCUT2D eigenvalue weighted by Crippen LogP contribution is 2.26. The molecule has 0 N–H and O–H groups in total. The molecular formula is C19H16BrNO4. The number of fused-ring (bicyclic) bond motifs is 1. The Balaban J connectivity index is 1.95. The Morgan fingerprint density at radius 3 is 2.68 bits per heavy atom. The Hall–Kier alpha value is -2.60. The summed E-state index contributed by atoms with van der Waals surface area (Å²) in [5.74, 6) is -0.607. The number of hydrogen-bond acceptors (Lipinski definition) is 4. The van der Waals surface area contributed by atoms with Gasteiger partial charge >= 0.3 is 5.97 Å². The number of anilines is 1. The van der Waals surface area contributed by atoms with E-state index in [1.807, 2.05) is 12.1 Å². The molecule has 0 spiro atoms. The van der Waals surface area contributed by atoms with Crippen LogP contribution in [0.5, 0.6) is 0 Å². The minimum Gasteiger partial charge on any atom is -0.462 e. The molecule has 0 bridgehead atoms. The van der Waals surface area contributed by atoms with Crippen molar-refractivity contribution in [2.24, 2.45) is 0 Å². The van der Waals surface area contributed by atoms with Crippen molar-refractivity contribution in [3.05, 3.63) is 64.3 Å². The van der Waals surface area contributed by atoms with Gasteiger partial charge in [-0.25, -0.2) is 4.79 Å². The third-order valence-corrected chi connectivity index (χ3v) is 4.25. The molecule has 5 nitrogen and oxygen atoms in total. The molecule has 0 aliphatic heterocycles. The maximum atomic E-state index is 12.8. The lowest BCUT2D eigenvalue weighted by atomic mass is 10.1. The van der Waals surface area contributed by atoms with Crippen LogP contribution in [-0.2, 0) is 4.74 Å². The van der Waals surface area contributed by atoms with Crippen LogP contribution in [-0.4, -0.2) is 25.5 Å². The van der Waals surface area contributed by atoms with Crippen LogP contribution in [0.3, 0.4) is 0 Å². The van der Waals surface area contributed by atoms with Gasteiger partial charge in [-0.05, 0) is 43.3 Å². The van der Waals surface area contributed by atoms with Gasteiger partial charge in [0.15, 0.2) is 5.76 Å². The van der Waals surface area contributed by atoms with Crippen molar-refractivity contribution in [3.63, 3.8) is 0 Å². The van der Waals surface area contributed by atoms with Gasteiger partial charge in [0.1, 0.15) is 5.58 Å². The Morgan fingerprint density at radius 1 is 1.16 bits per heavy atom. The molecule has 1 aromatic heterocycles. The number of halogens is 1. The van der Waals surface area contributed by atoms with Crippen molar-refractivity contribution in [3.8, 4) is 0 Å². The molecule has 1 amide bonds. The van der Waals surface area contributed by atoms with Gasteiger partial charge in [0, 0.05) is 16.9 Å². The first-order valence-corrected chi connectivity index (χ1v) is 8.54. The van der Waals surface area contributed by atoms with Crippen molar-refractivity contribution in [2.75, 3.05) is 18.6 Å². The molecule has 0 saturated heterocycles. The number of nitrogens with zero attached hydrogens (tertiary/aromatic N) is 1. The number of rotatable bonds is 4. The van der Waals surface area contributed by atoms with E-state index in [0.29, 0.717) is 16.8 Å². The van der Waals surface area contributed by atoms with Gasteiger partial charge in [0.25, 0.3) is 5.91 Å². The molecule has 128 valence electrons. The fraction of sp³-hybridized carbons (Fsp3) is 0.158. The van der Waals surface area contributed by atoms with E-state index in [4.69, 9.17) is 9.15 Å². The van der Waals surface area contributed by atoms with Crippen LogP contribution in [0.15, 0.2) is 57.4 Å². The summed E-state index contributed by atoms with van der Waals surface area (Å²) in [5.41, 5.74) is 1.42. The summed E-state index contributed by atoms with van der Waals surface area (Å²) < 4.78 is 11.6. The van der Waals surface area contributed by atoms with Gasteiger partial charge in [0.05, 0.1) is 17.9 Å². The quantitative estimate of drug-likeness (QED) is 0.597. The second-order valence-electron chi connectivity index (χ2n) is 5.39. The summed E-state index contributed by atoms with van der Waals surface area (Å²) >= 11 is 3.40. The molecule has 1 heterocycles. The van der Waals surface area contributed by atoms with E-state index in [1.165, 1.54) is 4.90 Å². The maximum absolute atomic E-state index is 12.8. The summed E-state index contributed by atoms with van der Waals surface area (Å²) in [4.78, 5) is 26.3. The van der Waals surface area contributed by atoms with Crippen LogP contribution in [0.25, 0.3) is 11.0 Å². The molecule has 0 aliphatic carbocycles. The zero-order valence-electron chi connectivity index (χ0n) is 13.8. The van der Waals surface area contributed by atoms with Gasteiger partial charge in [-0.1, -0.05) is 28.1 Å². The highest BCUT2D eigenvalue weighted by Gasteiger charge is 2.22. The molecule has 3 rings (SSSR count). The summed E-state index contributed by atoms with van der Waals surface area (Å²) in [5, 5.41) is 0.824. The smallest absolute Gasteiger partial charge is 0.340 e. The Morgan fingerprint density at radius 2 is 1.92 bits per heavy atom. The summed E-state index contributed by atoms with van der Waals surface area (Å²) in [6.07, 6.45) is 0. The Labute approximate surface area is 153 Å². The van der Waals surface area contributed by atoms with Crippen molar-refractivity contribution in [1.29, 1.82) is 0 Å². The first-order chi connectivity index (χ1) is 12.0. The number of hydrogen-bond donors (Lipinski definition) is 0. The van der Waals surface area contributed by atoms with Crippen LogP contribution in [0.1, 0.15) is 27.8 Å². The van der Waals surface area contributed by atoms with Crippen LogP contribution >= 0.6 is 15.9 Å². The normalized spacial score (nSPS) is 10.7. The third-order valence-electron chi connectivity index (χ3n) is 3.75. The average molecular weight is 402 g/mol. The predicted molar refractivity (Wildman–Crippen MR) is 99.0 cm³/mol. The highest BCUT2D eigenvalue weighted by atomic mass is 79.9. The topological polar surface area (TPSA) is 59.8 Å². The monoisotopic (exact) mass is 401 g/mol. The van der Waals surface area contributed by atoms with Crippen LogP contribution in [0, 0.1) is 0 Å². The number of esters is 1. The largest absolute Gasteiger partial charge is 0.462 e.